The third kappa shape index (κ3) is 3.45. The number of carbonyl (C=O) groups excluding carboxylic acids is 2. The zero-order valence-electron chi connectivity index (χ0n) is 15.9. The van der Waals surface area contributed by atoms with E-state index in [1.807, 2.05) is 30.3 Å². The molecule has 0 radical (unpaired) electrons. The normalized spacial score (nSPS) is 18.1. The molecule has 2 aromatic rings. The summed E-state index contributed by atoms with van der Waals surface area (Å²) in [6.07, 6.45) is 3.36. The zero-order valence-corrected chi connectivity index (χ0v) is 15.9. The van der Waals surface area contributed by atoms with Gasteiger partial charge in [0.05, 0.1) is 5.57 Å². The van der Waals surface area contributed by atoms with Gasteiger partial charge in [-0.05, 0) is 49.6 Å². The summed E-state index contributed by atoms with van der Waals surface area (Å²) < 4.78 is 0. The molecule has 4 N–H and O–H groups in total. The van der Waals surface area contributed by atoms with Gasteiger partial charge in [0.1, 0.15) is 0 Å². The van der Waals surface area contributed by atoms with Crippen molar-refractivity contribution < 1.29 is 9.59 Å². The maximum Gasteiger partial charge on any atom is 0.257 e. The van der Waals surface area contributed by atoms with Crippen LogP contribution in [0, 0.1) is 12.8 Å². The first-order valence-electron chi connectivity index (χ1n) is 9.55. The van der Waals surface area contributed by atoms with Crippen molar-refractivity contribution in [3.63, 3.8) is 0 Å². The fraction of sp³-hybridized carbons (Fsp3) is 0.273. The van der Waals surface area contributed by atoms with Crippen molar-refractivity contribution in [3.05, 3.63) is 59.8 Å². The SMILES string of the molecule is Cc1cc(NC=C2C(=O)Nc3ccccc32)ccc1N1CCC(C(N)=O)CC1. The molecule has 0 bridgehead atoms. The van der Waals surface area contributed by atoms with Gasteiger partial charge in [-0.3, -0.25) is 9.59 Å². The monoisotopic (exact) mass is 376 g/mol. The molecule has 6 heteroatoms. The summed E-state index contributed by atoms with van der Waals surface area (Å²) in [6.45, 7) is 3.75. The number of nitrogens with zero attached hydrogens (tertiary/aromatic N) is 1. The quantitative estimate of drug-likeness (QED) is 0.716. The Kier molecular flexibility index (Phi) is 4.77. The molecule has 2 amide bonds. The van der Waals surface area contributed by atoms with E-state index in [4.69, 9.17) is 5.73 Å². The van der Waals surface area contributed by atoms with Crippen LogP contribution < -0.4 is 21.3 Å². The third-order valence-corrected chi connectivity index (χ3v) is 5.53. The molecule has 2 heterocycles. The van der Waals surface area contributed by atoms with E-state index in [0.29, 0.717) is 5.57 Å². The van der Waals surface area contributed by atoms with Gasteiger partial charge in [-0.1, -0.05) is 18.2 Å². The fourth-order valence-corrected chi connectivity index (χ4v) is 3.94. The van der Waals surface area contributed by atoms with Crippen molar-refractivity contribution in [3.8, 4) is 0 Å². The van der Waals surface area contributed by atoms with E-state index < -0.39 is 0 Å². The molecule has 0 atom stereocenters. The number of amides is 2. The van der Waals surface area contributed by atoms with Gasteiger partial charge in [-0.2, -0.15) is 0 Å². The molecule has 6 nitrogen and oxygen atoms in total. The minimum absolute atomic E-state index is 0.00967. The second-order valence-corrected chi connectivity index (χ2v) is 7.37. The Morgan fingerprint density at radius 3 is 2.68 bits per heavy atom. The molecule has 1 saturated heterocycles. The first-order chi connectivity index (χ1) is 13.5. The first kappa shape index (κ1) is 18.1. The number of hydrogen-bond donors (Lipinski definition) is 3. The Balaban J connectivity index is 1.47. The molecular weight excluding hydrogens is 352 g/mol. The summed E-state index contributed by atoms with van der Waals surface area (Å²) in [5.74, 6) is -0.301. The van der Waals surface area contributed by atoms with Crippen LogP contribution >= 0.6 is 0 Å². The van der Waals surface area contributed by atoms with Crippen molar-refractivity contribution in [1.82, 2.24) is 0 Å². The van der Waals surface area contributed by atoms with Gasteiger partial charge in [-0.25, -0.2) is 0 Å². The summed E-state index contributed by atoms with van der Waals surface area (Å²) in [4.78, 5) is 25.9. The lowest BCUT2D eigenvalue weighted by molar-refractivity contribution is -0.122. The topological polar surface area (TPSA) is 87.5 Å². The largest absolute Gasteiger partial charge is 0.371 e. The lowest BCUT2D eigenvalue weighted by Crippen LogP contribution is -2.38. The van der Waals surface area contributed by atoms with Crippen LogP contribution in [-0.4, -0.2) is 24.9 Å². The van der Waals surface area contributed by atoms with E-state index in [9.17, 15) is 9.59 Å². The minimum atomic E-state index is -0.193. The number of primary amides is 1. The summed E-state index contributed by atoms with van der Waals surface area (Å²) in [6, 6.07) is 13.8. The number of benzene rings is 2. The van der Waals surface area contributed by atoms with Crippen molar-refractivity contribution in [2.75, 3.05) is 28.6 Å². The average Bonchev–Trinajstić information content (AvgIpc) is 3.01. The van der Waals surface area contributed by atoms with Crippen molar-refractivity contribution in [1.29, 1.82) is 0 Å². The van der Waals surface area contributed by atoms with E-state index in [-0.39, 0.29) is 17.7 Å². The molecule has 1 fully saturated rings. The number of fused-ring (bicyclic) bond motifs is 1. The molecular formula is C22H24N4O2. The predicted octanol–water partition coefficient (Wildman–Crippen LogP) is 3.10. The Morgan fingerprint density at radius 2 is 1.96 bits per heavy atom. The van der Waals surface area contributed by atoms with Crippen LogP contribution in [0.25, 0.3) is 5.57 Å². The van der Waals surface area contributed by atoms with Gasteiger partial charge in [-0.15, -0.1) is 0 Å². The number of rotatable bonds is 4. The Bertz CT molecular complexity index is 959. The highest BCUT2D eigenvalue weighted by molar-refractivity contribution is 6.31. The van der Waals surface area contributed by atoms with Crippen molar-refractivity contribution in [2.45, 2.75) is 19.8 Å². The van der Waals surface area contributed by atoms with E-state index in [0.717, 1.165) is 48.4 Å². The van der Waals surface area contributed by atoms with Gasteiger partial charge in [0.2, 0.25) is 5.91 Å². The van der Waals surface area contributed by atoms with Crippen LogP contribution in [0.4, 0.5) is 17.1 Å². The van der Waals surface area contributed by atoms with E-state index in [1.54, 1.807) is 6.20 Å². The lowest BCUT2D eigenvalue weighted by atomic mass is 9.95. The number of anilines is 3. The molecule has 144 valence electrons. The highest BCUT2D eigenvalue weighted by Crippen LogP contribution is 2.32. The number of piperidine rings is 1. The highest BCUT2D eigenvalue weighted by Gasteiger charge is 2.24. The summed E-state index contributed by atoms with van der Waals surface area (Å²) in [7, 11) is 0. The van der Waals surface area contributed by atoms with Crippen molar-refractivity contribution in [2.24, 2.45) is 11.7 Å². The summed E-state index contributed by atoms with van der Waals surface area (Å²) >= 11 is 0. The molecule has 2 aliphatic heterocycles. The fourth-order valence-electron chi connectivity index (χ4n) is 3.94. The van der Waals surface area contributed by atoms with Crippen LogP contribution in [-0.2, 0) is 9.59 Å². The molecule has 0 aromatic heterocycles. The molecule has 2 aliphatic rings. The molecule has 4 rings (SSSR count). The maximum absolute atomic E-state index is 12.2. The van der Waals surface area contributed by atoms with E-state index in [1.165, 1.54) is 5.69 Å². The number of aryl methyl sites for hydroxylation is 1. The van der Waals surface area contributed by atoms with Crippen LogP contribution in [0.2, 0.25) is 0 Å². The van der Waals surface area contributed by atoms with Crippen LogP contribution in [0.5, 0.6) is 0 Å². The van der Waals surface area contributed by atoms with Gasteiger partial charge in [0.15, 0.2) is 0 Å². The van der Waals surface area contributed by atoms with Crippen LogP contribution in [0.3, 0.4) is 0 Å². The summed E-state index contributed by atoms with van der Waals surface area (Å²) in [5.41, 5.74) is 11.1. The van der Waals surface area contributed by atoms with Gasteiger partial charge >= 0.3 is 0 Å². The number of carbonyl (C=O) groups is 2. The van der Waals surface area contributed by atoms with E-state index in [2.05, 4.69) is 34.6 Å². The number of para-hydroxylation sites is 1. The van der Waals surface area contributed by atoms with Crippen molar-refractivity contribution >= 4 is 34.4 Å². The standard InChI is InChI=1S/C22H24N4O2/c1-14-12-16(6-7-20(14)26-10-8-15(9-11-26)21(23)27)24-13-18-17-4-2-3-5-19(17)25-22(18)28/h2-7,12-13,15,24H,8-11H2,1H3,(H2,23,27)(H,25,28). The molecule has 0 saturated carbocycles. The Morgan fingerprint density at radius 1 is 1.21 bits per heavy atom. The number of nitrogens with one attached hydrogen (secondary N) is 2. The minimum Gasteiger partial charge on any atom is -0.371 e. The summed E-state index contributed by atoms with van der Waals surface area (Å²) in [5, 5.41) is 6.12. The maximum atomic E-state index is 12.2. The van der Waals surface area contributed by atoms with Gasteiger partial charge in [0, 0.05) is 47.8 Å². The number of hydrogen-bond acceptors (Lipinski definition) is 4. The number of nitrogens with two attached hydrogens (primary N) is 1. The smallest absolute Gasteiger partial charge is 0.257 e. The van der Waals surface area contributed by atoms with Gasteiger partial charge < -0.3 is 21.3 Å². The second kappa shape index (κ2) is 7.38. The predicted molar refractivity (Wildman–Crippen MR) is 112 cm³/mol. The Hall–Kier alpha value is -3.28. The molecule has 0 aliphatic carbocycles. The van der Waals surface area contributed by atoms with Crippen LogP contribution in [0.15, 0.2) is 48.7 Å². The molecule has 2 aromatic carbocycles. The van der Waals surface area contributed by atoms with Crippen LogP contribution in [0.1, 0.15) is 24.0 Å². The Labute approximate surface area is 164 Å². The molecule has 0 unspecified atom stereocenters. The zero-order chi connectivity index (χ0) is 19.7. The first-order valence-corrected chi connectivity index (χ1v) is 9.55. The molecule has 28 heavy (non-hydrogen) atoms. The molecule has 0 spiro atoms. The lowest BCUT2D eigenvalue weighted by Gasteiger charge is -2.33. The third-order valence-electron chi connectivity index (χ3n) is 5.53. The van der Waals surface area contributed by atoms with E-state index >= 15 is 0 Å². The average molecular weight is 376 g/mol. The second-order valence-electron chi connectivity index (χ2n) is 7.37. The van der Waals surface area contributed by atoms with Gasteiger partial charge in [0.25, 0.3) is 5.91 Å². The highest BCUT2D eigenvalue weighted by atomic mass is 16.2.